The average molecular weight is 226 g/mol. The summed E-state index contributed by atoms with van der Waals surface area (Å²) in [4.78, 5) is 0. The standard InChI is InChI=1S/C16H34/c1-6-9-13-16(4,5)14-10-12-15(8-3)11-7-2/h15H,6-14H2,1-5H3. The molecule has 0 aliphatic rings. The summed E-state index contributed by atoms with van der Waals surface area (Å²) in [5, 5.41) is 0. The summed E-state index contributed by atoms with van der Waals surface area (Å²) in [5.74, 6) is 0.993. The van der Waals surface area contributed by atoms with Gasteiger partial charge in [-0.2, -0.15) is 0 Å². The highest BCUT2D eigenvalue weighted by Gasteiger charge is 2.17. The molecule has 0 heterocycles. The van der Waals surface area contributed by atoms with Crippen LogP contribution in [0.4, 0.5) is 0 Å². The van der Waals surface area contributed by atoms with Crippen LogP contribution in [0.5, 0.6) is 0 Å². The molecule has 0 N–H and O–H groups in total. The summed E-state index contributed by atoms with van der Waals surface area (Å²) in [6.07, 6.45) is 12.7. The van der Waals surface area contributed by atoms with E-state index in [1.165, 1.54) is 57.8 Å². The zero-order valence-corrected chi connectivity index (χ0v) is 12.4. The van der Waals surface area contributed by atoms with Gasteiger partial charge in [0.1, 0.15) is 0 Å². The molecule has 0 radical (unpaired) electrons. The van der Waals surface area contributed by atoms with Crippen LogP contribution in [0.1, 0.15) is 92.4 Å². The van der Waals surface area contributed by atoms with E-state index in [2.05, 4.69) is 34.6 Å². The van der Waals surface area contributed by atoms with Crippen LogP contribution in [-0.2, 0) is 0 Å². The molecule has 16 heavy (non-hydrogen) atoms. The van der Waals surface area contributed by atoms with Gasteiger partial charge in [-0.1, -0.05) is 79.6 Å². The normalized spacial score (nSPS) is 14.1. The van der Waals surface area contributed by atoms with Crippen LogP contribution in [0, 0.1) is 11.3 Å². The summed E-state index contributed by atoms with van der Waals surface area (Å²) in [6, 6.07) is 0. The molecular formula is C16H34. The molecule has 0 aliphatic heterocycles. The summed E-state index contributed by atoms with van der Waals surface area (Å²) >= 11 is 0. The lowest BCUT2D eigenvalue weighted by Gasteiger charge is -2.25. The molecule has 0 aromatic carbocycles. The monoisotopic (exact) mass is 226 g/mol. The predicted molar refractivity (Wildman–Crippen MR) is 75.8 cm³/mol. The fraction of sp³-hybridized carbons (Fsp3) is 1.00. The van der Waals surface area contributed by atoms with E-state index < -0.39 is 0 Å². The minimum absolute atomic E-state index is 0.584. The van der Waals surface area contributed by atoms with Gasteiger partial charge in [0.2, 0.25) is 0 Å². The molecule has 0 spiro atoms. The highest BCUT2D eigenvalue weighted by Crippen LogP contribution is 2.31. The molecule has 1 atom stereocenters. The smallest absolute Gasteiger partial charge is 0.0354 e. The molecule has 0 saturated heterocycles. The molecule has 0 aromatic heterocycles. The lowest BCUT2D eigenvalue weighted by molar-refractivity contribution is 0.272. The molecule has 0 nitrogen and oxygen atoms in total. The van der Waals surface area contributed by atoms with Crippen molar-refractivity contribution in [3.8, 4) is 0 Å². The van der Waals surface area contributed by atoms with Gasteiger partial charge in [0.15, 0.2) is 0 Å². The second-order valence-corrected chi connectivity index (χ2v) is 6.22. The third kappa shape index (κ3) is 8.19. The molecule has 0 saturated carbocycles. The van der Waals surface area contributed by atoms with Gasteiger partial charge in [-0.15, -0.1) is 0 Å². The van der Waals surface area contributed by atoms with E-state index in [-0.39, 0.29) is 0 Å². The van der Waals surface area contributed by atoms with Crippen LogP contribution in [0.2, 0.25) is 0 Å². The SMILES string of the molecule is CCCCC(C)(C)CCCC(CC)CCC. The van der Waals surface area contributed by atoms with E-state index in [4.69, 9.17) is 0 Å². The second-order valence-electron chi connectivity index (χ2n) is 6.22. The highest BCUT2D eigenvalue weighted by atomic mass is 14.2. The Labute approximate surface area is 104 Å². The van der Waals surface area contributed by atoms with Crippen LogP contribution < -0.4 is 0 Å². The molecule has 0 fully saturated rings. The first-order valence-corrected chi connectivity index (χ1v) is 7.55. The van der Waals surface area contributed by atoms with Gasteiger partial charge in [-0.3, -0.25) is 0 Å². The first-order valence-electron chi connectivity index (χ1n) is 7.55. The number of rotatable bonds is 10. The quantitative estimate of drug-likeness (QED) is 0.416. The first-order chi connectivity index (χ1) is 7.55. The van der Waals surface area contributed by atoms with Gasteiger partial charge >= 0.3 is 0 Å². The van der Waals surface area contributed by atoms with E-state index in [0.717, 1.165) is 5.92 Å². The fourth-order valence-electron chi connectivity index (χ4n) is 2.61. The molecule has 1 unspecified atom stereocenters. The Hall–Kier alpha value is 0. The minimum atomic E-state index is 0.584. The lowest BCUT2D eigenvalue weighted by atomic mass is 9.81. The Morgan fingerprint density at radius 3 is 1.94 bits per heavy atom. The maximum atomic E-state index is 2.45. The van der Waals surface area contributed by atoms with Gasteiger partial charge < -0.3 is 0 Å². The van der Waals surface area contributed by atoms with E-state index in [1.54, 1.807) is 0 Å². The molecule has 0 rings (SSSR count). The van der Waals surface area contributed by atoms with Crippen molar-refractivity contribution in [2.24, 2.45) is 11.3 Å². The van der Waals surface area contributed by atoms with E-state index in [1.807, 2.05) is 0 Å². The number of hydrogen-bond acceptors (Lipinski definition) is 0. The maximum Gasteiger partial charge on any atom is -0.0354 e. The van der Waals surface area contributed by atoms with Crippen molar-refractivity contribution in [3.05, 3.63) is 0 Å². The largest absolute Gasteiger partial charge is 0.0654 e. The molecule has 0 aliphatic carbocycles. The molecule has 0 heteroatoms. The van der Waals surface area contributed by atoms with Crippen molar-refractivity contribution >= 4 is 0 Å². The van der Waals surface area contributed by atoms with Crippen LogP contribution in [-0.4, -0.2) is 0 Å². The average Bonchev–Trinajstić information content (AvgIpc) is 2.25. The Bertz CT molecular complexity index is 146. The summed E-state index contributed by atoms with van der Waals surface area (Å²) in [7, 11) is 0. The predicted octanol–water partition coefficient (Wildman–Crippen LogP) is 6.20. The Balaban J connectivity index is 3.68. The first kappa shape index (κ1) is 16.0. The second kappa shape index (κ2) is 9.07. The fourth-order valence-corrected chi connectivity index (χ4v) is 2.61. The van der Waals surface area contributed by atoms with Crippen molar-refractivity contribution in [2.45, 2.75) is 92.4 Å². The van der Waals surface area contributed by atoms with Crippen LogP contribution in [0.15, 0.2) is 0 Å². The third-order valence-electron chi connectivity index (χ3n) is 3.95. The van der Waals surface area contributed by atoms with Crippen molar-refractivity contribution in [1.29, 1.82) is 0 Å². The minimum Gasteiger partial charge on any atom is -0.0654 e. The van der Waals surface area contributed by atoms with Crippen molar-refractivity contribution < 1.29 is 0 Å². The highest BCUT2D eigenvalue weighted by molar-refractivity contribution is 4.69. The van der Waals surface area contributed by atoms with Crippen molar-refractivity contribution in [2.75, 3.05) is 0 Å². The topological polar surface area (TPSA) is 0 Å². The number of hydrogen-bond donors (Lipinski definition) is 0. The van der Waals surface area contributed by atoms with Gasteiger partial charge in [0, 0.05) is 0 Å². The summed E-state index contributed by atoms with van der Waals surface area (Å²) in [5.41, 5.74) is 0.584. The molecular weight excluding hydrogens is 192 g/mol. The van der Waals surface area contributed by atoms with Crippen LogP contribution >= 0.6 is 0 Å². The van der Waals surface area contributed by atoms with E-state index in [9.17, 15) is 0 Å². The molecule has 0 aromatic rings. The Kier molecular flexibility index (Phi) is 9.07. The van der Waals surface area contributed by atoms with E-state index >= 15 is 0 Å². The molecule has 98 valence electrons. The number of unbranched alkanes of at least 4 members (excludes halogenated alkanes) is 1. The zero-order valence-electron chi connectivity index (χ0n) is 12.4. The Morgan fingerprint density at radius 2 is 1.44 bits per heavy atom. The van der Waals surface area contributed by atoms with Gasteiger partial charge in [-0.05, 0) is 24.2 Å². The van der Waals surface area contributed by atoms with Crippen LogP contribution in [0.25, 0.3) is 0 Å². The van der Waals surface area contributed by atoms with Gasteiger partial charge in [0.05, 0.1) is 0 Å². The zero-order chi connectivity index (χ0) is 12.4. The van der Waals surface area contributed by atoms with Crippen molar-refractivity contribution in [3.63, 3.8) is 0 Å². The van der Waals surface area contributed by atoms with Gasteiger partial charge in [-0.25, -0.2) is 0 Å². The van der Waals surface area contributed by atoms with Crippen LogP contribution in [0.3, 0.4) is 0 Å². The lowest BCUT2D eigenvalue weighted by Crippen LogP contribution is -2.12. The van der Waals surface area contributed by atoms with Crippen molar-refractivity contribution in [1.82, 2.24) is 0 Å². The maximum absolute atomic E-state index is 2.45. The molecule has 0 bridgehead atoms. The van der Waals surface area contributed by atoms with E-state index in [0.29, 0.717) is 5.41 Å². The summed E-state index contributed by atoms with van der Waals surface area (Å²) in [6.45, 7) is 11.9. The summed E-state index contributed by atoms with van der Waals surface area (Å²) < 4.78 is 0. The third-order valence-corrected chi connectivity index (χ3v) is 3.95. The Morgan fingerprint density at radius 1 is 0.812 bits per heavy atom. The van der Waals surface area contributed by atoms with Gasteiger partial charge in [0.25, 0.3) is 0 Å². The molecule has 0 amide bonds.